The van der Waals surface area contributed by atoms with E-state index in [1.807, 2.05) is 13.8 Å². The highest BCUT2D eigenvalue weighted by atomic mass is 79.9. The maximum Gasteiger partial charge on any atom is 0.241 e. The van der Waals surface area contributed by atoms with Gasteiger partial charge < -0.3 is 0 Å². The van der Waals surface area contributed by atoms with Crippen LogP contribution in [-0.4, -0.2) is 19.3 Å². The highest BCUT2D eigenvalue weighted by Crippen LogP contribution is 2.26. The van der Waals surface area contributed by atoms with Crippen LogP contribution in [0.3, 0.4) is 0 Å². The molecule has 0 radical (unpaired) electrons. The molecule has 0 saturated carbocycles. The molecule has 0 bridgehead atoms. The van der Waals surface area contributed by atoms with Gasteiger partial charge in [0.05, 0.1) is 14.9 Å². The minimum Gasteiger partial charge on any atom is -0.207 e. The molecule has 102 valence electrons. The van der Waals surface area contributed by atoms with E-state index in [2.05, 4.69) is 20.7 Å². The first kappa shape index (κ1) is 16.2. The minimum absolute atomic E-state index is 0.109. The number of halogens is 3. The molecule has 1 rings (SSSR count). The molecular formula is C11H14BrCl2NO2S. The van der Waals surface area contributed by atoms with Crippen molar-refractivity contribution in [1.29, 1.82) is 0 Å². The smallest absolute Gasteiger partial charge is 0.207 e. The Labute approximate surface area is 126 Å². The van der Waals surface area contributed by atoms with Crippen LogP contribution in [0.15, 0.2) is 23.1 Å². The first-order valence-corrected chi connectivity index (χ1v) is 8.65. The van der Waals surface area contributed by atoms with Crippen molar-refractivity contribution in [3.8, 4) is 0 Å². The summed E-state index contributed by atoms with van der Waals surface area (Å²) in [4.78, 5) is 0.109. The largest absolute Gasteiger partial charge is 0.241 e. The van der Waals surface area contributed by atoms with Crippen molar-refractivity contribution in [3.05, 3.63) is 28.2 Å². The summed E-state index contributed by atoms with van der Waals surface area (Å²) in [7, 11) is -3.60. The van der Waals surface area contributed by atoms with Crippen LogP contribution >= 0.6 is 39.1 Å². The van der Waals surface area contributed by atoms with Gasteiger partial charge in [-0.2, -0.15) is 0 Å². The van der Waals surface area contributed by atoms with Crippen molar-refractivity contribution in [2.45, 2.75) is 30.7 Å². The van der Waals surface area contributed by atoms with Crippen LogP contribution in [0, 0.1) is 0 Å². The zero-order valence-corrected chi connectivity index (χ0v) is 13.9. The maximum atomic E-state index is 12.2. The second kappa shape index (κ2) is 6.09. The summed E-state index contributed by atoms with van der Waals surface area (Å²) in [6, 6.07) is 4.24. The molecule has 0 aliphatic carbocycles. The Morgan fingerprint density at radius 3 is 2.39 bits per heavy atom. The molecule has 7 heteroatoms. The Morgan fingerprint density at radius 1 is 1.33 bits per heavy atom. The van der Waals surface area contributed by atoms with E-state index in [1.165, 1.54) is 18.2 Å². The van der Waals surface area contributed by atoms with Gasteiger partial charge >= 0.3 is 0 Å². The van der Waals surface area contributed by atoms with Gasteiger partial charge in [0.15, 0.2) is 0 Å². The molecule has 1 unspecified atom stereocenters. The van der Waals surface area contributed by atoms with Gasteiger partial charge in [-0.3, -0.25) is 0 Å². The maximum absolute atomic E-state index is 12.2. The van der Waals surface area contributed by atoms with Gasteiger partial charge in [-0.05, 0) is 31.5 Å². The number of benzene rings is 1. The molecule has 0 saturated heterocycles. The summed E-state index contributed by atoms with van der Waals surface area (Å²) in [5.41, 5.74) is -0.537. The summed E-state index contributed by atoms with van der Waals surface area (Å²) >= 11 is 14.9. The molecule has 18 heavy (non-hydrogen) atoms. The van der Waals surface area contributed by atoms with Crippen molar-refractivity contribution in [3.63, 3.8) is 0 Å². The molecule has 1 N–H and O–H groups in total. The zero-order valence-electron chi connectivity index (χ0n) is 10.0. The van der Waals surface area contributed by atoms with Gasteiger partial charge in [0.25, 0.3) is 0 Å². The summed E-state index contributed by atoms with van der Waals surface area (Å²) < 4.78 is 27.0. The Balaban J connectivity index is 3.10. The molecule has 0 fully saturated rings. The van der Waals surface area contributed by atoms with Crippen molar-refractivity contribution in [2.75, 3.05) is 5.33 Å². The van der Waals surface area contributed by atoms with Crippen molar-refractivity contribution in [2.24, 2.45) is 0 Å². The highest BCUT2D eigenvalue weighted by Gasteiger charge is 2.28. The Hall–Kier alpha value is 0.190. The van der Waals surface area contributed by atoms with Crippen LogP contribution in [0.2, 0.25) is 10.0 Å². The van der Waals surface area contributed by atoms with Gasteiger partial charge in [0.1, 0.15) is 0 Å². The second-order valence-electron chi connectivity index (χ2n) is 4.23. The number of rotatable bonds is 5. The Morgan fingerprint density at radius 2 is 1.94 bits per heavy atom. The number of nitrogens with one attached hydrogen (secondary N) is 1. The Bertz CT molecular complexity index is 530. The van der Waals surface area contributed by atoms with E-state index in [4.69, 9.17) is 23.2 Å². The lowest BCUT2D eigenvalue weighted by Gasteiger charge is -2.26. The monoisotopic (exact) mass is 373 g/mol. The quantitative estimate of drug-likeness (QED) is 0.796. The molecule has 0 heterocycles. The molecule has 0 aliphatic rings. The van der Waals surface area contributed by atoms with E-state index in [-0.39, 0.29) is 9.92 Å². The molecule has 0 amide bonds. The van der Waals surface area contributed by atoms with Crippen LogP contribution < -0.4 is 4.72 Å². The standard InChI is InChI=1S/C11H14BrCl2NO2S/c1-3-11(2,7-12)15-18(16,17)8-4-5-9(13)10(14)6-8/h4-6,15H,3,7H2,1-2H3. The molecule has 3 nitrogen and oxygen atoms in total. The lowest BCUT2D eigenvalue weighted by atomic mass is 10.0. The molecule has 1 aromatic carbocycles. The average Bonchev–Trinajstić information content (AvgIpc) is 2.32. The van der Waals surface area contributed by atoms with E-state index in [9.17, 15) is 8.42 Å². The van der Waals surface area contributed by atoms with E-state index < -0.39 is 15.6 Å². The average molecular weight is 375 g/mol. The fourth-order valence-corrected chi connectivity index (χ4v) is 3.81. The summed E-state index contributed by atoms with van der Waals surface area (Å²) in [5, 5.41) is 1.07. The first-order chi connectivity index (χ1) is 8.24. The number of hydrogen-bond acceptors (Lipinski definition) is 2. The molecule has 1 atom stereocenters. The van der Waals surface area contributed by atoms with E-state index >= 15 is 0 Å². The fourth-order valence-electron chi connectivity index (χ4n) is 1.22. The predicted molar refractivity (Wildman–Crippen MR) is 79.3 cm³/mol. The highest BCUT2D eigenvalue weighted by molar-refractivity contribution is 9.09. The fraction of sp³-hybridized carbons (Fsp3) is 0.455. The van der Waals surface area contributed by atoms with Crippen LogP contribution in [0.1, 0.15) is 20.3 Å². The first-order valence-electron chi connectivity index (χ1n) is 5.29. The van der Waals surface area contributed by atoms with Crippen molar-refractivity contribution >= 4 is 49.2 Å². The topological polar surface area (TPSA) is 46.2 Å². The third-order valence-corrected chi connectivity index (χ3v) is 6.27. The third-order valence-electron chi connectivity index (χ3n) is 2.66. The van der Waals surface area contributed by atoms with Gasteiger partial charge in [-0.25, -0.2) is 13.1 Å². The molecule has 0 aliphatic heterocycles. The van der Waals surface area contributed by atoms with Crippen LogP contribution in [-0.2, 0) is 10.0 Å². The Kier molecular flexibility index (Phi) is 5.50. The van der Waals surface area contributed by atoms with Crippen LogP contribution in [0.25, 0.3) is 0 Å². The minimum atomic E-state index is -3.60. The second-order valence-corrected chi connectivity index (χ2v) is 7.29. The predicted octanol–water partition coefficient (Wildman–Crippen LogP) is 3.84. The summed E-state index contributed by atoms with van der Waals surface area (Å²) in [6.45, 7) is 3.75. The van der Waals surface area contributed by atoms with Gasteiger partial charge in [-0.1, -0.05) is 46.1 Å². The molecule has 0 spiro atoms. The SMILES string of the molecule is CCC(C)(CBr)NS(=O)(=O)c1ccc(Cl)c(Cl)c1. The molecular weight excluding hydrogens is 361 g/mol. The van der Waals surface area contributed by atoms with Crippen molar-refractivity contribution < 1.29 is 8.42 Å². The van der Waals surface area contributed by atoms with Gasteiger partial charge in [-0.15, -0.1) is 0 Å². The number of alkyl halides is 1. The van der Waals surface area contributed by atoms with E-state index in [0.717, 1.165) is 0 Å². The van der Waals surface area contributed by atoms with Gasteiger partial charge in [0.2, 0.25) is 10.0 Å². The summed E-state index contributed by atoms with van der Waals surface area (Å²) in [5.74, 6) is 0. The van der Waals surface area contributed by atoms with E-state index in [0.29, 0.717) is 16.8 Å². The lowest BCUT2D eigenvalue weighted by molar-refractivity contribution is 0.449. The van der Waals surface area contributed by atoms with E-state index in [1.54, 1.807) is 0 Å². The normalized spacial score (nSPS) is 15.4. The van der Waals surface area contributed by atoms with Gasteiger partial charge in [0, 0.05) is 10.9 Å². The van der Waals surface area contributed by atoms with Crippen LogP contribution in [0.5, 0.6) is 0 Å². The number of sulfonamides is 1. The van der Waals surface area contributed by atoms with Crippen LogP contribution in [0.4, 0.5) is 0 Å². The number of hydrogen-bond donors (Lipinski definition) is 1. The van der Waals surface area contributed by atoms with Crippen molar-refractivity contribution in [1.82, 2.24) is 4.72 Å². The summed E-state index contributed by atoms with van der Waals surface area (Å²) in [6.07, 6.45) is 0.665. The lowest BCUT2D eigenvalue weighted by Crippen LogP contribution is -2.46. The third kappa shape index (κ3) is 3.84. The molecule has 1 aromatic rings. The zero-order chi connectivity index (χ0) is 14.0. The molecule has 0 aromatic heterocycles.